The summed E-state index contributed by atoms with van der Waals surface area (Å²) in [5.41, 5.74) is 4.85. The molecular formula is C29H28N2O2. The summed E-state index contributed by atoms with van der Waals surface area (Å²) in [4.78, 5) is 13.2. The van der Waals surface area contributed by atoms with Crippen LogP contribution < -0.4 is 0 Å². The lowest BCUT2D eigenvalue weighted by Crippen LogP contribution is -2.33. The van der Waals surface area contributed by atoms with Gasteiger partial charge in [-0.05, 0) is 35.7 Å². The predicted molar refractivity (Wildman–Crippen MR) is 133 cm³/mol. The largest absolute Gasteiger partial charge is 0.466 e. The molecule has 2 aromatic heterocycles. The van der Waals surface area contributed by atoms with Crippen molar-refractivity contribution < 1.29 is 9.53 Å². The van der Waals surface area contributed by atoms with Gasteiger partial charge in [-0.1, -0.05) is 66.7 Å². The maximum atomic E-state index is 13.2. The van der Waals surface area contributed by atoms with Crippen LogP contribution in [0.1, 0.15) is 30.0 Å². The van der Waals surface area contributed by atoms with Crippen molar-refractivity contribution >= 4 is 27.8 Å². The van der Waals surface area contributed by atoms with Crippen molar-refractivity contribution in [3.8, 4) is 0 Å². The monoisotopic (exact) mass is 436 g/mol. The molecule has 4 heteroatoms. The van der Waals surface area contributed by atoms with Gasteiger partial charge >= 0.3 is 5.97 Å². The number of ether oxygens (including phenoxy) is 1. The average molecular weight is 437 g/mol. The molecule has 5 rings (SSSR count). The van der Waals surface area contributed by atoms with E-state index in [-0.39, 0.29) is 12.4 Å². The van der Waals surface area contributed by atoms with Gasteiger partial charge in [-0.2, -0.15) is 0 Å². The fraction of sp³-hybridized carbons (Fsp3) is 0.207. The first-order valence-electron chi connectivity index (χ1n) is 11.4. The second kappa shape index (κ2) is 8.28. The zero-order chi connectivity index (χ0) is 23.0. The highest BCUT2D eigenvalue weighted by atomic mass is 16.5. The Kier molecular flexibility index (Phi) is 5.29. The van der Waals surface area contributed by atoms with Gasteiger partial charge in [0.15, 0.2) is 0 Å². The molecule has 0 radical (unpaired) electrons. The van der Waals surface area contributed by atoms with E-state index in [1.54, 1.807) is 0 Å². The molecule has 0 fully saturated rings. The van der Waals surface area contributed by atoms with Gasteiger partial charge in [-0.25, -0.2) is 0 Å². The normalized spacial score (nSPS) is 11.8. The number of fused-ring (bicyclic) bond motifs is 2. The van der Waals surface area contributed by atoms with E-state index in [0.29, 0.717) is 6.61 Å². The van der Waals surface area contributed by atoms with Crippen molar-refractivity contribution in [1.82, 2.24) is 9.13 Å². The van der Waals surface area contributed by atoms with Crippen LogP contribution in [-0.4, -0.2) is 21.7 Å². The Morgan fingerprint density at radius 1 is 0.758 bits per heavy atom. The van der Waals surface area contributed by atoms with Gasteiger partial charge in [0.25, 0.3) is 0 Å². The zero-order valence-electron chi connectivity index (χ0n) is 19.3. The van der Waals surface area contributed by atoms with Crippen molar-refractivity contribution in [3.63, 3.8) is 0 Å². The first-order chi connectivity index (χ1) is 16.1. The van der Waals surface area contributed by atoms with Crippen LogP contribution in [0.2, 0.25) is 0 Å². The third kappa shape index (κ3) is 3.34. The molecule has 0 amide bonds. The number of hydrogen-bond donors (Lipinski definition) is 0. The van der Waals surface area contributed by atoms with Crippen LogP contribution in [-0.2, 0) is 29.0 Å². The molecule has 0 unspecified atom stereocenters. The van der Waals surface area contributed by atoms with E-state index >= 15 is 0 Å². The summed E-state index contributed by atoms with van der Waals surface area (Å²) in [6.45, 7) is 2.21. The first kappa shape index (κ1) is 21.1. The van der Waals surface area contributed by atoms with Gasteiger partial charge in [0.2, 0.25) is 0 Å². The van der Waals surface area contributed by atoms with Gasteiger partial charge in [0.1, 0.15) is 0 Å². The van der Waals surface area contributed by atoms with Crippen molar-refractivity contribution in [2.24, 2.45) is 14.1 Å². The van der Waals surface area contributed by atoms with Crippen LogP contribution in [0.25, 0.3) is 21.8 Å². The first-order valence-corrected chi connectivity index (χ1v) is 11.4. The minimum atomic E-state index is -0.713. The second-order valence-corrected chi connectivity index (χ2v) is 8.59. The Morgan fingerprint density at radius 2 is 1.24 bits per heavy atom. The minimum Gasteiger partial charge on any atom is -0.466 e. The lowest BCUT2D eigenvalue weighted by molar-refractivity contribution is -0.144. The fourth-order valence-corrected chi connectivity index (χ4v) is 5.26. The van der Waals surface area contributed by atoms with Crippen LogP contribution in [0.3, 0.4) is 0 Å². The summed E-state index contributed by atoms with van der Waals surface area (Å²) in [7, 11) is 4.13. The number of benzene rings is 3. The molecule has 0 N–H and O–H groups in total. The van der Waals surface area contributed by atoms with E-state index in [1.807, 2.05) is 25.1 Å². The van der Waals surface area contributed by atoms with Gasteiger partial charge in [-0.3, -0.25) is 4.79 Å². The summed E-state index contributed by atoms with van der Waals surface area (Å²) >= 11 is 0. The molecule has 2 heterocycles. The number of esters is 1. The summed E-state index contributed by atoms with van der Waals surface area (Å²) in [6.07, 6.45) is 4.57. The smallest absolute Gasteiger partial charge is 0.307 e. The molecule has 0 saturated heterocycles. The van der Waals surface area contributed by atoms with Crippen LogP contribution in [0, 0.1) is 0 Å². The molecule has 0 saturated carbocycles. The Balaban J connectivity index is 1.94. The third-order valence-corrected chi connectivity index (χ3v) is 6.69. The number of carbonyl (C=O) groups is 1. The van der Waals surface area contributed by atoms with Gasteiger partial charge in [0, 0.05) is 48.3 Å². The predicted octanol–water partition coefficient (Wildman–Crippen LogP) is 5.96. The van der Waals surface area contributed by atoms with Crippen LogP contribution in [0.5, 0.6) is 0 Å². The highest BCUT2D eigenvalue weighted by Crippen LogP contribution is 2.48. The number of aryl methyl sites for hydroxylation is 2. The highest BCUT2D eigenvalue weighted by molar-refractivity contribution is 5.93. The Bertz CT molecular complexity index is 1360. The van der Waals surface area contributed by atoms with Gasteiger partial charge < -0.3 is 13.9 Å². The van der Waals surface area contributed by atoms with E-state index in [1.165, 1.54) is 0 Å². The highest BCUT2D eigenvalue weighted by Gasteiger charge is 2.43. The topological polar surface area (TPSA) is 36.2 Å². The summed E-state index contributed by atoms with van der Waals surface area (Å²) in [5.74, 6) is -0.206. The maximum Gasteiger partial charge on any atom is 0.307 e. The lowest BCUT2D eigenvalue weighted by Gasteiger charge is -2.34. The van der Waals surface area contributed by atoms with Gasteiger partial charge in [-0.15, -0.1) is 0 Å². The van der Waals surface area contributed by atoms with E-state index < -0.39 is 5.41 Å². The van der Waals surface area contributed by atoms with Crippen molar-refractivity contribution in [1.29, 1.82) is 0 Å². The van der Waals surface area contributed by atoms with Crippen LogP contribution in [0.15, 0.2) is 91.3 Å². The van der Waals surface area contributed by atoms with Crippen molar-refractivity contribution in [2.45, 2.75) is 18.8 Å². The quantitative estimate of drug-likeness (QED) is 0.308. The van der Waals surface area contributed by atoms with Gasteiger partial charge in [0.05, 0.1) is 18.4 Å². The Hall–Kier alpha value is -3.79. The number of hydrogen-bond acceptors (Lipinski definition) is 2. The summed E-state index contributed by atoms with van der Waals surface area (Å²) < 4.78 is 9.85. The van der Waals surface area contributed by atoms with E-state index in [2.05, 4.69) is 96.3 Å². The zero-order valence-corrected chi connectivity index (χ0v) is 19.3. The Morgan fingerprint density at radius 3 is 1.76 bits per heavy atom. The van der Waals surface area contributed by atoms with E-state index in [9.17, 15) is 4.79 Å². The summed E-state index contributed by atoms with van der Waals surface area (Å²) in [6, 6.07) is 27.2. The molecule has 0 aliphatic rings. The number of para-hydroxylation sites is 2. The van der Waals surface area contributed by atoms with Crippen LogP contribution in [0.4, 0.5) is 0 Å². The second-order valence-electron chi connectivity index (χ2n) is 8.59. The van der Waals surface area contributed by atoms with Crippen molar-refractivity contribution in [3.05, 3.63) is 108 Å². The molecule has 0 bridgehead atoms. The molecular weight excluding hydrogens is 408 g/mol. The minimum absolute atomic E-state index is 0.206. The van der Waals surface area contributed by atoms with E-state index in [4.69, 9.17) is 4.74 Å². The molecule has 33 heavy (non-hydrogen) atoms. The molecule has 0 aliphatic heterocycles. The number of rotatable bonds is 6. The number of aromatic nitrogens is 2. The Labute approximate surface area is 194 Å². The molecule has 0 spiro atoms. The van der Waals surface area contributed by atoms with Crippen LogP contribution >= 0.6 is 0 Å². The molecule has 5 aromatic rings. The maximum absolute atomic E-state index is 13.2. The average Bonchev–Trinajstić information content (AvgIpc) is 3.36. The van der Waals surface area contributed by atoms with Crippen molar-refractivity contribution in [2.75, 3.05) is 6.61 Å². The molecule has 0 atom stereocenters. The number of nitrogens with zero attached hydrogens (tertiary/aromatic N) is 2. The lowest BCUT2D eigenvalue weighted by atomic mass is 9.67. The molecule has 3 aromatic carbocycles. The summed E-state index contributed by atoms with van der Waals surface area (Å²) in [5, 5.41) is 2.28. The molecule has 4 nitrogen and oxygen atoms in total. The standard InChI is InChI=1S/C29H28N2O2/c1-4-33-28(32)18-29(21-12-6-5-7-13-21,24-19-30(2)26-16-10-8-14-22(24)26)25-20-31(3)27-17-11-9-15-23(25)27/h5-17,19-20H,4,18H2,1-3H3. The van der Waals surface area contributed by atoms with E-state index in [0.717, 1.165) is 38.5 Å². The molecule has 166 valence electrons. The third-order valence-electron chi connectivity index (χ3n) is 6.69. The SMILES string of the molecule is CCOC(=O)CC(c1ccccc1)(c1cn(C)c2ccccc12)c1cn(C)c2ccccc12. The number of carbonyl (C=O) groups excluding carboxylic acids is 1. The fourth-order valence-electron chi connectivity index (χ4n) is 5.26. The molecule has 0 aliphatic carbocycles.